The fourth-order valence-electron chi connectivity index (χ4n) is 3.25. The van der Waals surface area contributed by atoms with Gasteiger partial charge in [0.05, 0.1) is 5.02 Å². The molecule has 4 rings (SSSR count). The minimum Gasteiger partial charge on any atom is -0.470 e. The van der Waals surface area contributed by atoms with Crippen LogP contribution < -0.4 is 15.4 Å². The molecule has 0 saturated heterocycles. The fourth-order valence-corrected chi connectivity index (χ4v) is 3.43. The number of amides is 2. The number of aromatic nitrogens is 4. The number of hydrogen-bond donors (Lipinski definition) is 2. The molecule has 2 aromatic heterocycles. The molecule has 0 aliphatic rings. The molecule has 0 aliphatic carbocycles. The Morgan fingerprint density at radius 2 is 1.79 bits per heavy atom. The Kier molecular flexibility index (Phi) is 6.93. The van der Waals surface area contributed by atoms with E-state index in [9.17, 15) is 9.59 Å². The third kappa shape index (κ3) is 5.44. The number of ether oxygens (including phenoxy) is 1. The molecule has 9 nitrogen and oxygen atoms in total. The monoisotopic (exact) mass is 478 g/mol. The largest absolute Gasteiger partial charge is 0.470 e. The first-order valence-electron chi connectivity index (χ1n) is 10.6. The van der Waals surface area contributed by atoms with Crippen molar-refractivity contribution >= 4 is 34.8 Å². The molecule has 0 spiro atoms. The van der Waals surface area contributed by atoms with Crippen LogP contribution in [0.1, 0.15) is 33.5 Å². The van der Waals surface area contributed by atoms with Crippen molar-refractivity contribution in [3.8, 4) is 5.75 Å². The van der Waals surface area contributed by atoms with Crippen molar-refractivity contribution in [2.75, 3.05) is 10.6 Å². The second-order valence-electron chi connectivity index (χ2n) is 7.47. The summed E-state index contributed by atoms with van der Waals surface area (Å²) < 4.78 is 8.81. The third-order valence-electron chi connectivity index (χ3n) is 4.94. The van der Waals surface area contributed by atoms with Crippen molar-refractivity contribution in [2.45, 2.75) is 27.1 Å². The van der Waals surface area contributed by atoms with Gasteiger partial charge < -0.3 is 15.4 Å². The molecule has 10 heteroatoms. The van der Waals surface area contributed by atoms with E-state index in [0.717, 1.165) is 5.56 Å². The second-order valence-corrected chi connectivity index (χ2v) is 7.88. The summed E-state index contributed by atoms with van der Waals surface area (Å²) in [4.78, 5) is 25.2. The molecule has 2 N–H and O–H groups in total. The van der Waals surface area contributed by atoms with Gasteiger partial charge in [-0.3, -0.25) is 14.3 Å². The summed E-state index contributed by atoms with van der Waals surface area (Å²) in [6.45, 7) is 4.54. The van der Waals surface area contributed by atoms with Crippen molar-refractivity contribution in [3.63, 3.8) is 0 Å². The van der Waals surface area contributed by atoms with Crippen LogP contribution in [0.2, 0.25) is 5.02 Å². The van der Waals surface area contributed by atoms with Gasteiger partial charge in [-0.2, -0.15) is 10.2 Å². The summed E-state index contributed by atoms with van der Waals surface area (Å²) in [6.07, 6.45) is 3.22. The molecule has 2 aromatic carbocycles. The van der Waals surface area contributed by atoms with Crippen molar-refractivity contribution in [3.05, 3.63) is 89.0 Å². The van der Waals surface area contributed by atoms with Gasteiger partial charge in [0, 0.05) is 30.3 Å². The molecular formula is C24H23ClN6O3. The van der Waals surface area contributed by atoms with Gasteiger partial charge in [0.25, 0.3) is 11.8 Å². The molecular weight excluding hydrogens is 456 g/mol. The first-order valence-corrected chi connectivity index (χ1v) is 11.0. The zero-order valence-corrected chi connectivity index (χ0v) is 19.4. The van der Waals surface area contributed by atoms with E-state index in [1.54, 1.807) is 59.5 Å². The molecule has 0 unspecified atom stereocenters. The van der Waals surface area contributed by atoms with Gasteiger partial charge in [-0.05, 0) is 61.9 Å². The summed E-state index contributed by atoms with van der Waals surface area (Å²) in [7, 11) is 0. The lowest BCUT2D eigenvalue weighted by molar-refractivity contribution is 0.101. The number of rotatable bonds is 8. The number of halogens is 1. The molecule has 0 radical (unpaired) electrons. The van der Waals surface area contributed by atoms with E-state index in [-0.39, 0.29) is 24.2 Å². The van der Waals surface area contributed by atoms with Crippen molar-refractivity contribution in [2.24, 2.45) is 0 Å². The predicted molar refractivity (Wildman–Crippen MR) is 129 cm³/mol. The topological polar surface area (TPSA) is 103 Å². The standard InChI is InChI=1S/C24H23ClN6O3/c1-3-31-21(9-11-26-31)24(33)28-18-6-4-5-17(14-18)27-23(32)20-10-12-30(29-20)15-34-22-13-16(2)7-8-19(22)25/h4-14H,3,15H2,1-2H3,(H,27,32)(H,28,33). The Bertz CT molecular complexity index is 1330. The average Bonchev–Trinajstić information content (AvgIpc) is 3.49. The minimum absolute atomic E-state index is 0.103. The number of anilines is 2. The highest BCUT2D eigenvalue weighted by Gasteiger charge is 2.13. The summed E-state index contributed by atoms with van der Waals surface area (Å²) in [6, 6.07) is 15.6. The Labute approximate surface area is 201 Å². The zero-order valence-electron chi connectivity index (χ0n) is 18.7. The van der Waals surface area contributed by atoms with Gasteiger partial charge in [-0.15, -0.1) is 0 Å². The molecule has 0 atom stereocenters. The fraction of sp³-hybridized carbons (Fsp3) is 0.167. The van der Waals surface area contributed by atoms with Crippen LogP contribution >= 0.6 is 11.6 Å². The van der Waals surface area contributed by atoms with Crippen molar-refractivity contribution in [1.82, 2.24) is 19.6 Å². The Morgan fingerprint density at radius 1 is 1.03 bits per heavy atom. The highest BCUT2D eigenvalue weighted by Crippen LogP contribution is 2.25. The zero-order chi connectivity index (χ0) is 24.1. The Hall–Kier alpha value is -4.11. The molecule has 0 bridgehead atoms. The van der Waals surface area contributed by atoms with E-state index in [0.29, 0.717) is 34.4 Å². The lowest BCUT2D eigenvalue weighted by Gasteiger charge is -2.09. The molecule has 0 fully saturated rings. The molecule has 2 heterocycles. The van der Waals surface area contributed by atoms with E-state index >= 15 is 0 Å². The normalized spacial score (nSPS) is 10.7. The lowest BCUT2D eigenvalue weighted by Crippen LogP contribution is -2.18. The Balaban J connectivity index is 1.37. The molecule has 2 amide bonds. The SMILES string of the molecule is CCn1nccc1C(=O)Nc1cccc(NC(=O)c2ccn(COc3cc(C)ccc3Cl)n2)c1. The maximum Gasteiger partial charge on any atom is 0.276 e. The summed E-state index contributed by atoms with van der Waals surface area (Å²) in [5.41, 5.74) is 2.76. The van der Waals surface area contributed by atoms with E-state index in [2.05, 4.69) is 20.8 Å². The van der Waals surface area contributed by atoms with E-state index in [4.69, 9.17) is 16.3 Å². The molecule has 0 aliphatic heterocycles. The molecule has 34 heavy (non-hydrogen) atoms. The van der Waals surface area contributed by atoms with E-state index < -0.39 is 0 Å². The number of aryl methyl sites for hydroxylation is 2. The number of hydrogen-bond acceptors (Lipinski definition) is 5. The quantitative estimate of drug-likeness (QED) is 0.385. The molecule has 4 aromatic rings. The van der Waals surface area contributed by atoms with Crippen molar-refractivity contribution < 1.29 is 14.3 Å². The minimum atomic E-state index is -0.389. The molecule has 0 saturated carbocycles. The summed E-state index contributed by atoms with van der Waals surface area (Å²) >= 11 is 6.15. The molecule has 174 valence electrons. The smallest absolute Gasteiger partial charge is 0.276 e. The van der Waals surface area contributed by atoms with Gasteiger partial charge in [0.1, 0.15) is 11.4 Å². The maximum atomic E-state index is 12.7. The first kappa shape index (κ1) is 23.1. The van der Waals surface area contributed by atoms with Crippen LogP contribution in [0, 0.1) is 6.92 Å². The predicted octanol–water partition coefficient (Wildman–Crippen LogP) is 4.60. The second kappa shape index (κ2) is 10.2. The number of carbonyl (C=O) groups is 2. The number of benzene rings is 2. The average molecular weight is 479 g/mol. The number of nitrogens with one attached hydrogen (secondary N) is 2. The van der Waals surface area contributed by atoms with Crippen molar-refractivity contribution in [1.29, 1.82) is 0 Å². The van der Waals surface area contributed by atoms with E-state index in [1.807, 2.05) is 26.0 Å². The number of carbonyl (C=O) groups excluding carboxylic acids is 2. The third-order valence-corrected chi connectivity index (χ3v) is 5.25. The van der Waals surface area contributed by atoms with Crippen LogP contribution in [0.3, 0.4) is 0 Å². The summed E-state index contributed by atoms with van der Waals surface area (Å²) in [5, 5.41) is 14.5. The van der Waals surface area contributed by atoms with Crippen LogP contribution in [0.5, 0.6) is 5.75 Å². The van der Waals surface area contributed by atoms with E-state index in [1.165, 1.54) is 4.68 Å². The lowest BCUT2D eigenvalue weighted by atomic mass is 10.2. The van der Waals surface area contributed by atoms with Crippen LogP contribution in [0.15, 0.2) is 67.0 Å². The van der Waals surface area contributed by atoms with Gasteiger partial charge in [0.2, 0.25) is 0 Å². The Morgan fingerprint density at radius 3 is 2.56 bits per heavy atom. The van der Waals surface area contributed by atoms with Crippen LogP contribution in [0.4, 0.5) is 11.4 Å². The van der Waals surface area contributed by atoms with Crippen LogP contribution in [-0.2, 0) is 13.3 Å². The highest BCUT2D eigenvalue weighted by molar-refractivity contribution is 6.32. The maximum absolute atomic E-state index is 12.7. The summed E-state index contributed by atoms with van der Waals surface area (Å²) in [5.74, 6) is -0.126. The van der Waals surface area contributed by atoms with Crippen LogP contribution in [-0.4, -0.2) is 31.4 Å². The van der Waals surface area contributed by atoms with Crippen LogP contribution in [0.25, 0.3) is 0 Å². The van der Waals surface area contributed by atoms with Gasteiger partial charge in [0.15, 0.2) is 12.4 Å². The van der Waals surface area contributed by atoms with Gasteiger partial charge in [-0.1, -0.05) is 23.7 Å². The van der Waals surface area contributed by atoms with Gasteiger partial charge >= 0.3 is 0 Å². The number of nitrogens with zero attached hydrogens (tertiary/aromatic N) is 4. The van der Waals surface area contributed by atoms with Gasteiger partial charge in [-0.25, -0.2) is 4.68 Å². The first-order chi connectivity index (χ1) is 16.4. The highest BCUT2D eigenvalue weighted by atomic mass is 35.5.